The Morgan fingerprint density at radius 1 is 1.10 bits per heavy atom. The quantitative estimate of drug-likeness (QED) is 0.853. The number of anilines is 2. The van der Waals surface area contributed by atoms with Crippen molar-refractivity contribution in [2.24, 2.45) is 5.73 Å². The lowest BCUT2D eigenvalue weighted by atomic mass is 10.2. The van der Waals surface area contributed by atoms with E-state index in [2.05, 4.69) is 15.3 Å². The molecule has 0 saturated heterocycles. The Hall–Kier alpha value is -2.22. The van der Waals surface area contributed by atoms with Gasteiger partial charge in [0, 0.05) is 5.69 Å². The van der Waals surface area contributed by atoms with Crippen LogP contribution in [0.2, 0.25) is 0 Å². The van der Waals surface area contributed by atoms with Crippen LogP contribution < -0.4 is 11.1 Å². The average molecular weight is 298 g/mol. The van der Waals surface area contributed by atoms with Gasteiger partial charge in [-0.3, -0.25) is 0 Å². The molecule has 20 heavy (non-hydrogen) atoms. The fourth-order valence-corrected chi connectivity index (χ4v) is 1.52. The van der Waals surface area contributed by atoms with Gasteiger partial charge in [-0.2, -0.15) is 13.2 Å². The minimum absolute atomic E-state index is 0.124. The molecule has 0 fully saturated rings. The summed E-state index contributed by atoms with van der Waals surface area (Å²) in [6.07, 6.45) is -1.57. The number of benzene rings is 1. The number of aromatic nitrogens is 2. The Balaban J connectivity index is 2.12. The molecule has 1 aromatic heterocycles. The molecule has 0 saturated carbocycles. The van der Waals surface area contributed by atoms with Gasteiger partial charge in [-0.05, 0) is 24.3 Å². The molecule has 0 radical (unpaired) electrons. The molecule has 3 N–H and O–H groups in total. The third-order valence-corrected chi connectivity index (χ3v) is 2.60. The van der Waals surface area contributed by atoms with E-state index in [1.54, 1.807) is 0 Å². The van der Waals surface area contributed by atoms with Crippen LogP contribution >= 0.6 is 12.2 Å². The van der Waals surface area contributed by atoms with Crippen LogP contribution in [0.1, 0.15) is 11.3 Å². The SMILES string of the molecule is NC(=S)c1cnc(Nc2ccc(C(F)(F)F)cc2)cn1. The van der Waals surface area contributed by atoms with Gasteiger partial charge in [0.05, 0.1) is 18.0 Å². The summed E-state index contributed by atoms with van der Waals surface area (Å²) < 4.78 is 37.2. The highest BCUT2D eigenvalue weighted by atomic mass is 32.1. The molecule has 0 aliphatic heterocycles. The van der Waals surface area contributed by atoms with E-state index >= 15 is 0 Å². The molecule has 0 bridgehead atoms. The Kier molecular flexibility index (Phi) is 3.84. The van der Waals surface area contributed by atoms with Gasteiger partial charge in [-0.1, -0.05) is 12.2 Å². The Morgan fingerprint density at radius 3 is 2.20 bits per heavy atom. The Labute approximate surface area is 117 Å². The summed E-state index contributed by atoms with van der Waals surface area (Å²) in [6, 6.07) is 4.59. The minimum atomic E-state index is -4.35. The molecule has 8 heteroatoms. The number of halogens is 3. The van der Waals surface area contributed by atoms with E-state index in [1.165, 1.54) is 24.5 Å². The first-order valence-electron chi connectivity index (χ1n) is 5.42. The maximum atomic E-state index is 12.4. The highest BCUT2D eigenvalue weighted by Crippen LogP contribution is 2.30. The van der Waals surface area contributed by atoms with Gasteiger partial charge in [0.2, 0.25) is 0 Å². The highest BCUT2D eigenvalue weighted by Gasteiger charge is 2.29. The average Bonchev–Trinajstić information content (AvgIpc) is 2.39. The lowest BCUT2D eigenvalue weighted by Crippen LogP contribution is -2.12. The van der Waals surface area contributed by atoms with Crippen LogP contribution in [0.5, 0.6) is 0 Å². The van der Waals surface area contributed by atoms with Crippen molar-refractivity contribution in [1.82, 2.24) is 9.97 Å². The topological polar surface area (TPSA) is 63.8 Å². The van der Waals surface area contributed by atoms with Crippen molar-refractivity contribution in [2.45, 2.75) is 6.18 Å². The van der Waals surface area contributed by atoms with Crippen LogP contribution in [0.25, 0.3) is 0 Å². The summed E-state index contributed by atoms with van der Waals surface area (Å²) >= 11 is 4.73. The van der Waals surface area contributed by atoms with Crippen molar-refractivity contribution in [3.63, 3.8) is 0 Å². The van der Waals surface area contributed by atoms with Crippen molar-refractivity contribution in [3.8, 4) is 0 Å². The number of hydrogen-bond donors (Lipinski definition) is 2. The molecule has 104 valence electrons. The molecule has 0 aliphatic carbocycles. The zero-order chi connectivity index (χ0) is 14.8. The molecule has 0 aliphatic rings. The third-order valence-electron chi connectivity index (χ3n) is 2.39. The van der Waals surface area contributed by atoms with Crippen LogP contribution in [0.15, 0.2) is 36.7 Å². The van der Waals surface area contributed by atoms with Gasteiger partial charge in [-0.25, -0.2) is 9.97 Å². The molecule has 4 nitrogen and oxygen atoms in total. The summed E-state index contributed by atoms with van der Waals surface area (Å²) in [5, 5.41) is 2.82. The van der Waals surface area contributed by atoms with Crippen LogP contribution in [-0.2, 0) is 6.18 Å². The number of nitrogens with zero attached hydrogens (tertiary/aromatic N) is 2. The number of hydrogen-bond acceptors (Lipinski definition) is 4. The smallest absolute Gasteiger partial charge is 0.388 e. The van der Waals surface area contributed by atoms with E-state index in [0.717, 1.165) is 12.1 Å². The number of rotatable bonds is 3. The molecule has 1 aromatic carbocycles. The van der Waals surface area contributed by atoms with Crippen molar-refractivity contribution in [1.29, 1.82) is 0 Å². The first-order chi connectivity index (χ1) is 9.36. The molecule has 0 unspecified atom stereocenters. The van der Waals surface area contributed by atoms with Gasteiger partial charge >= 0.3 is 6.18 Å². The Morgan fingerprint density at radius 2 is 1.75 bits per heavy atom. The van der Waals surface area contributed by atoms with Crippen LogP contribution in [-0.4, -0.2) is 15.0 Å². The van der Waals surface area contributed by atoms with Gasteiger partial charge in [-0.15, -0.1) is 0 Å². The fraction of sp³-hybridized carbons (Fsp3) is 0.0833. The molecule has 2 aromatic rings. The van der Waals surface area contributed by atoms with Crippen molar-refractivity contribution < 1.29 is 13.2 Å². The maximum absolute atomic E-state index is 12.4. The zero-order valence-corrected chi connectivity index (χ0v) is 10.8. The predicted octanol–water partition coefficient (Wildman–Crippen LogP) is 2.87. The van der Waals surface area contributed by atoms with Crippen LogP contribution in [0, 0.1) is 0 Å². The predicted molar refractivity (Wildman–Crippen MR) is 72.6 cm³/mol. The molecule has 0 amide bonds. The van der Waals surface area contributed by atoms with Crippen molar-refractivity contribution >= 4 is 28.7 Å². The van der Waals surface area contributed by atoms with Crippen molar-refractivity contribution in [3.05, 3.63) is 47.9 Å². The number of alkyl halides is 3. The summed E-state index contributed by atoms with van der Waals surface area (Å²) in [4.78, 5) is 8.09. The van der Waals surface area contributed by atoms with E-state index in [1.807, 2.05) is 0 Å². The van der Waals surface area contributed by atoms with Gasteiger partial charge in [0.25, 0.3) is 0 Å². The summed E-state index contributed by atoms with van der Waals surface area (Å²) in [5.74, 6) is 0.379. The lowest BCUT2D eigenvalue weighted by molar-refractivity contribution is -0.137. The molecular weight excluding hydrogens is 289 g/mol. The van der Waals surface area contributed by atoms with Crippen LogP contribution in [0.3, 0.4) is 0 Å². The molecule has 2 rings (SSSR count). The van der Waals surface area contributed by atoms with E-state index in [9.17, 15) is 13.2 Å². The number of nitrogens with one attached hydrogen (secondary N) is 1. The van der Waals surface area contributed by atoms with Crippen molar-refractivity contribution in [2.75, 3.05) is 5.32 Å². The van der Waals surface area contributed by atoms with E-state index in [0.29, 0.717) is 17.2 Å². The standard InChI is InChI=1S/C12H9F3N4S/c13-12(14,15)7-1-3-8(4-2-7)19-10-6-17-9(5-18-10)11(16)20/h1-6H,(H2,16,20)(H,18,19). The first-order valence-corrected chi connectivity index (χ1v) is 5.83. The van der Waals surface area contributed by atoms with E-state index in [-0.39, 0.29) is 4.99 Å². The number of thiocarbonyl (C=S) groups is 1. The normalized spacial score (nSPS) is 11.2. The number of nitrogens with two attached hydrogens (primary N) is 1. The second kappa shape index (κ2) is 5.41. The highest BCUT2D eigenvalue weighted by molar-refractivity contribution is 7.80. The van der Waals surface area contributed by atoms with Gasteiger partial charge < -0.3 is 11.1 Å². The minimum Gasteiger partial charge on any atom is -0.388 e. The van der Waals surface area contributed by atoms with E-state index in [4.69, 9.17) is 18.0 Å². The second-order valence-corrected chi connectivity index (χ2v) is 4.29. The largest absolute Gasteiger partial charge is 0.416 e. The summed E-state index contributed by atoms with van der Waals surface area (Å²) in [6.45, 7) is 0. The third kappa shape index (κ3) is 3.41. The fourth-order valence-electron chi connectivity index (χ4n) is 1.41. The van der Waals surface area contributed by atoms with Gasteiger partial charge in [0.1, 0.15) is 16.5 Å². The zero-order valence-electron chi connectivity index (χ0n) is 9.98. The molecule has 0 atom stereocenters. The second-order valence-electron chi connectivity index (χ2n) is 3.85. The van der Waals surface area contributed by atoms with Gasteiger partial charge in [0.15, 0.2) is 0 Å². The molecule has 1 heterocycles. The molecule has 0 spiro atoms. The molecular formula is C12H9F3N4S. The van der Waals surface area contributed by atoms with E-state index < -0.39 is 11.7 Å². The van der Waals surface area contributed by atoms with Crippen LogP contribution in [0.4, 0.5) is 24.7 Å². The maximum Gasteiger partial charge on any atom is 0.416 e. The lowest BCUT2D eigenvalue weighted by Gasteiger charge is -2.09. The summed E-state index contributed by atoms with van der Waals surface area (Å²) in [5.41, 5.74) is 5.51. The summed E-state index contributed by atoms with van der Waals surface area (Å²) in [7, 11) is 0. The Bertz CT molecular complexity index is 608. The monoisotopic (exact) mass is 298 g/mol. The first kappa shape index (κ1) is 14.2.